The average Bonchev–Trinajstić information content (AvgIpc) is 2.75. The second-order valence-corrected chi connectivity index (χ2v) is 5.23. The third-order valence-electron chi connectivity index (χ3n) is 2.44. The Morgan fingerprint density at radius 3 is 2.94 bits per heavy atom. The van der Waals surface area contributed by atoms with Gasteiger partial charge in [-0.1, -0.05) is 0 Å². The smallest absolute Gasteiger partial charge is 0.251 e. The molecule has 2 aromatic rings. The fourth-order valence-electron chi connectivity index (χ4n) is 1.43. The van der Waals surface area contributed by atoms with Crippen molar-refractivity contribution in [2.24, 2.45) is 7.05 Å². The second-order valence-electron chi connectivity index (χ2n) is 3.91. The molecular weight excluding hydrogens is 250 g/mol. The van der Waals surface area contributed by atoms with E-state index in [1.807, 2.05) is 6.92 Å². The van der Waals surface area contributed by atoms with Gasteiger partial charge in [0.05, 0.1) is 6.54 Å². The van der Waals surface area contributed by atoms with Gasteiger partial charge in [-0.05, 0) is 13.0 Å². The molecule has 6 heteroatoms. The van der Waals surface area contributed by atoms with Crippen LogP contribution in [0.25, 0.3) is 0 Å². The number of nitrogens with one attached hydrogen (secondary N) is 1. The Bertz CT molecular complexity index is 630. The molecule has 0 spiro atoms. The lowest BCUT2D eigenvalue weighted by Gasteiger charge is -2.03. The van der Waals surface area contributed by atoms with Gasteiger partial charge in [-0.25, -0.2) is 4.98 Å². The van der Waals surface area contributed by atoms with Crippen LogP contribution < -0.4 is 10.9 Å². The van der Waals surface area contributed by atoms with E-state index in [9.17, 15) is 9.59 Å². The van der Waals surface area contributed by atoms with E-state index in [1.54, 1.807) is 25.5 Å². The third kappa shape index (κ3) is 2.84. The maximum absolute atomic E-state index is 11.8. The zero-order chi connectivity index (χ0) is 13.1. The first kappa shape index (κ1) is 12.5. The highest BCUT2D eigenvalue weighted by Crippen LogP contribution is 2.10. The molecule has 1 N–H and O–H groups in total. The van der Waals surface area contributed by atoms with E-state index in [0.29, 0.717) is 12.1 Å². The van der Waals surface area contributed by atoms with Gasteiger partial charge >= 0.3 is 0 Å². The summed E-state index contributed by atoms with van der Waals surface area (Å²) in [7, 11) is 1.64. The zero-order valence-electron chi connectivity index (χ0n) is 10.1. The van der Waals surface area contributed by atoms with Gasteiger partial charge in [-0.2, -0.15) is 0 Å². The predicted octanol–water partition coefficient (Wildman–Crippen LogP) is 1.08. The van der Waals surface area contributed by atoms with E-state index in [2.05, 4.69) is 10.3 Å². The molecule has 5 nitrogen and oxygen atoms in total. The molecule has 0 aliphatic rings. The number of hydrogen-bond donors (Lipinski definition) is 1. The molecule has 0 fully saturated rings. The van der Waals surface area contributed by atoms with Crippen LogP contribution in [0.1, 0.15) is 20.2 Å². The normalized spacial score (nSPS) is 10.3. The van der Waals surface area contributed by atoms with E-state index in [-0.39, 0.29) is 11.5 Å². The Morgan fingerprint density at radius 1 is 1.56 bits per heavy atom. The number of pyridine rings is 1. The first-order chi connectivity index (χ1) is 8.56. The quantitative estimate of drug-likeness (QED) is 0.901. The molecule has 18 heavy (non-hydrogen) atoms. The van der Waals surface area contributed by atoms with Crippen LogP contribution >= 0.6 is 11.3 Å². The Balaban J connectivity index is 2.03. The maximum atomic E-state index is 11.8. The minimum absolute atomic E-state index is 0.201. The second kappa shape index (κ2) is 5.14. The van der Waals surface area contributed by atoms with Crippen molar-refractivity contribution < 1.29 is 4.79 Å². The van der Waals surface area contributed by atoms with Crippen molar-refractivity contribution in [3.05, 3.63) is 50.3 Å². The number of hydrogen-bond acceptors (Lipinski definition) is 4. The number of nitrogens with zero attached hydrogens (tertiary/aromatic N) is 2. The van der Waals surface area contributed by atoms with Crippen molar-refractivity contribution in [2.75, 3.05) is 0 Å². The van der Waals surface area contributed by atoms with Crippen molar-refractivity contribution in [1.82, 2.24) is 14.9 Å². The zero-order valence-corrected chi connectivity index (χ0v) is 11.0. The van der Waals surface area contributed by atoms with Crippen LogP contribution in [0.5, 0.6) is 0 Å². The van der Waals surface area contributed by atoms with E-state index < -0.39 is 0 Å². The van der Waals surface area contributed by atoms with Crippen molar-refractivity contribution in [1.29, 1.82) is 0 Å². The van der Waals surface area contributed by atoms with E-state index in [1.165, 1.54) is 22.0 Å². The first-order valence-electron chi connectivity index (χ1n) is 5.42. The minimum Gasteiger partial charge on any atom is -0.346 e. The summed E-state index contributed by atoms with van der Waals surface area (Å²) in [6.07, 6.45) is 3.34. The third-order valence-corrected chi connectivity index (χ3v) is 3.35. The first-order valence-corrected chi connectivity index (χ1v) is 6.24. The molecule has 2 aromatic heterocycles. The van der Waals surface area contributed by atoms with E-state index >= 15 is 0 Å². The topological polar surface area (TPSA) is 64.0 Å². The number of amides is 1. The van der Waals surface area contributed by atoms with Crippen molar-refractivity contribution in [2.45, 2.75) is 13.5 Å². The van der Waals surface area contributed by atoms with Gasteiger partial charge < -0.3 is 9.88 Å². The summed E-state index contributed by atoms with van der Waals surface area (Å²) >= 11 is 1.54. The Hall–Kier alpha value is -1.95. The summed E-state index contributed by atoms with van der Waals surface area (Å²) in [6, 6.07) is 2.94. The fourth-order valence-corrected chi connectivity index (χ4v) is 2.16. The summed E-state index contributed by atoms with van der Waals surface area (Å²) in [4.78, 5) is 28.5. The molecule has 0 aliphatic carbocycles. The predicted molar refractivity (Wildman–Crippen MR) is 69.7 cm³/mol. The van der Waals surface area contributed by atoms with Crippen LogP contribution in [0.2, 0.25) is 0 Å². The standard InChI is InChI=1S/C12H13N3O2S/c1-8-6-13-10(18-8)7-14-12(17)9-3-4-15(2)11(16)5-9/h3-6H,7H2,1-2H3,(H,14,17). The van der Waals surface area contributed by atoms with Gasteiger partial charge in [0.25, 0.3) is 11.5 Å². The van der Waals surface area contributed by atoms with Crippen LogP contribution in [0.4, 0.5) is 0 Å². The molecule has 0 aliphatic heterocycles. The minimum atomic E-state index is -0.263. The number of aromatic nitrogens is 2. The van der Waals surface area contributed by atoms with Crippen LogP contribution in [0.15, 0.2) is 29.3 Å². The Morgan fingerprint density at radius 2 is 2.33 bits per heavy atom. The van der Waals surface area contributed by atoms with Gasteiger partial charge in [0.2, 0.25) is 0 Å². The molecule has 94 valence electrons. The summed E-state index contributed by atoms with van der Waals surface area (Å²) in [5.74, 6) is -0.263. The van der Waals surface area contributed by atoms with E-state index in [4.69, 9.17) is 0 Å². The lowest BCUT2D eigenvalue weighted by Crippen LogP contribution is -2.25. The van der Waals surface area contributed by atoms with E-state index in [0.717, 1.165) is 9.88 Å². The molecule has 0 saturated heterocycles. The fraction of sp³-hybridized carbons (Fsp3) is 0.250. The van der Waals surface area contributed by atoms with Crippen LogP contribution in [0, 0.1) is 6.92 Å². The van der Waals surface area contributed by atoms with Gasteiger partial charge in [-0.15, -0.1) is 11.3 Å². The van der Waals surface area contributed by atoms with Gasteiger partial charge in [0.1, 0.15) is 5.01 Å². The monoisotopic (exact) mass is 263 g/mol. The summed E-state index contributed by atoms with van der Waals surface area (Å²) in [5, 5.41) is 3.59. The molecule has 0 saturated carbocycles. The maximum Gasteiger partial charge on any atom is 0.251 e. The largest absolute Gasteiger partial charge is 0.346 e. The lowest BCUT2D eigenvalue weighted by atomic mass is 10.2. The van der Waals surface area contributed by atoms with Gasteiger partial charge in [-0.3, -0.25) is 9.59 Å². The SMILES string of the molecule is Cc1cnc(CNC(=O)c2ccn(C)c(=O)c2)s1. The van der Waals surface area contributed by atoms with Gasteiger partial charge in [0, 0.05) is 35.9 Å². The lowest BCUT2D eigenvalue weighted by molar-refractivity contribution is 0.0950. The molecule has 2 rings (SSSR count). The molecular formula is C12H13N3O2S. The molecule has 0 unspecified atom stereocenters. The van der Waals surface area contributed by atoms with Crippen molar-refractivity contribution >= 4 is 17.2 Å². The number of carbonyl (C=O) groups is 1. The molecule has 0 radical (unpaired) electrons. The number of aryl methyl sites for hydroxylation is 2. The van der Waals surface area contributed by atoms with Crippen molar-refractivity contribution in [3.63, 3.8) is 0 Å². The van der Waals surface area contributed by atoms with Crippen LogP contribution in [-0.2, 0) is 13.6 Å². The highest BCUT2D eigenvalue weighted by Gasteiger charge is 2.07. The molecule has 0 atom stereocenters. The number of thiazole rings is 1. The number of rotatable bonds is 3. The Kier molecular flexibility index (Phi) is 3.57. The van der Waals surface area contributed by atoms with Gasteiger partial charge in [0.15, 0.2) is 0 Å². The molecule has 0 bridgehead atoms. The van der Waals surface area contributed by atoms with Crippen molar-refractivity contribution in [3.8, 4) is 0 Å². The summed E-state index contributed by atoms with van der Waals surface area (Å²) in [6.45, 7) is 2.34. The number of carbonyl (C=O) groups excluding carboxylic acids is 1. The summed E-state index contributed by atoms with van der Waals surface area (Å²) in [5.41, 5.74) is 0.166. The summed E-state index contributed by atoms with van der Waals surface area (Å²) < 4.78 is 1.42. The molecule has 0 aromatic carbocycles. The van der Waals surface area contributed by atoms with Crippen LogP contribution in [0.3, 0.4) is 0 Å². The Labute approximate surface area is 108 Å². The molecule has 1 amide bonds. The molecule has 2 heterocycles. The highest BCUT2D eigenvalue weighted by atomic mass is 32.1. The highest BCUT2D eigenvalue weighted by molar-refractivity contribution is 7.11. The average molecular weight is 263 g/mol. The van der Waals surface area contributed by atoms with Crippen LogP contribution in [-0.4, -0.2) is 15.5 Å².